The third-order valence-corrected chi connectivity index (χ3v) is 3.65. The smallest absolute Gasteiger partial charge is 0.0678 e. The molecule has 0 amide bonds. The van der Waals surface area contributed by atoms with Crippen LogP contribution in [0.25, 0.3) is 5.69 Å². The lowest BCUT2D eigenvalue weighted by Crippen LogP contribution is -2.11. The number of aromatic nitrogens is 2. The van der Waals surface area contributed by atoms with Gasteiger partial charge in [-0.05, 0) is 64.9 Å². The van der Waals surface area contributed by atoms with E-state index in [-0.39, 0.29) is 0 Å². The second kappa shape index (κ2) is 5.57. The van der Waals surface area contributed by atoms with Gasteiger partial charge in [0, 0.05) is 5.69 Å². The van der Waals surface area contributed by atoms with E-state index in [9.17, 15) is 0 Å². The molecule has 0 aliphatic heterocycles. The van der Waals surface area contributed by atoms with Crippen molar-refractivity contribution in [3.05, 3.63) is 46.3 Å². The van der Waals surface area contributed by atoms with Gasteiger partial charge in [0.1, 0.15) is 0 Å². The van der Waals surface area contributed by atoms with Crippen molar-refractivity contribution in [2.45, 2.75) is 34.1 Å². The third kappa shape index (κ3) is 2.71. The minimum atomic E-state index is 0.986. The van der Waals surface area contributed by atoms with Crippen LogP contribution in [0.15, 0.2) is 18.2 Å². The van der Waals surface area contributed by atoms with Gasteiger partial charge in [-0.3, -0.25) is 0 Å². The highest BCUT2D eigenvalue weighted by atomic mass is 15.3. The van der Waals surface area contributed by atoms with E-state index in [4.69, 9.17) is 5.10 Å². The molecule has 0 aliphatic rings. The Morgan fingerprint density at radius 2 is 1.89 bits per heavy atom. The molecule has 0 fully saturated rings. The summed E-state index contributed by atoms with van der Waals surface area (Å²) in [5.74, 6) is 0. The van der Waals surface area contributed by atoms with E-state index in [0.717, 1.165) is 18.7 Å². The predicted molar refractivity (Wildman–Crippen MR) is 80.1 cm³/mol. The van der Waals surface area contributed by atoms with Gasteiger partial charge in [-0.15, -0.1) is 0 Å². The van der Waals surface area contributed by atoms with Gasteiger partial charge >= 0.3 is 0 Å². The standard InChI is InChI=1S/C16H23N3/c1-11-6-7-16(12(2)10-11)19-14(4)15(8-9-17-5)13(3)18-19/h6-7,10,17H,8-9H2,1-5H3. The molecule has 2 aromatic rings. The second-order valence-electron chi connectivity index (χ2n) is 5.20. The maximum Gasteiger partial charge on any atom is 0.0678 e. The van der Waals surface area contributed by atoms with Crippen LogP contribution < -0.4 is 5.32 Å². The van der Waals surface area contributed by atoms with E-state index in [0.29, 0.717) is 0 Å². The molecule has 19 heavy (non-hydrogen) atoms. The zero-order chi connectivity index (χ0) is 14.0. The van der Waals surface area contributed by atoms with Gasteiger partial charge in [-0.25, -0.2) is 4.68 Å². The van der Waals surface area contributed by atoms with Gasteiger partial charge < -0.3 is 5.32 Å². The fourth-order valence-electron chi connectivity index (χ4n) is 2.56. The molecule has 0 bridgehead atoms. The van der Waals surface area contributed by atoms with Crippen molar-refractivity contribution in [2.75, 3.05) is 13.6 Å². The van der Waals surface area contributed by atoms with E-state index in [1.165, 1.54) is 28.1 Å². The third-order valence-electron chi connectivity index (χ3n) is 3.65. The molecule has 1 heterocycles. The first-order valence-electron chi connectivity index (χ1n) is 6.82. The highest BCUT2D eigenvalue weighted by molar-refractivity contribution is 5.44. The van der Waals surface area contributed by atoms with Crippen LogP contribution >= 0.6 is 0 Å². The highest BCUT2D eigenvalue weighted by Gasteiger charge is 2.13. The molecule has 1 N–H and O–H groups in total. The Labute approximate surface area is 115 Å². The monoisotopic (exact) mass is 257 g/mol. The molecule has 0 spiro atoms. The zero-order valence-electron chi connectivity index (χ0n) is 12.5. The highest BCUT2D eigenvalue weighted by Crippen LogP contribution is 2.21. The first-order valence-corrected chi connectivity index (χ1v) is 6.82. The van der Waals surface area contributed by atoms with Crippen LogP contribution in [0.3, 0.4) is 0 Å². The van der Waals surface area contributed by atoms with Crippen LogP contribution in [0.1, 0.15) is 28.1 Å². The molecule has 2 rings (SSSR count). The van der Waals surface area contributed by atoms with E-state index in [1.807, 2.05) is 7.05 Å². The molecule has 3 heteroatoms. The fourth-order valence-corrected chi connectivity index (χ4v) is 2.56. The molecule has 0 unspecified atom stereocenters. The Kier molecular flexibility index (Phi) is 4.05. The molecule has 0 saturated heterocycles. The van der Waals surface area contributed by atoms with Gasteiger partial charge in [0.2, 0.25) is 0 Å². The SMILES string of the molecule is CNCCc1c(C)nn(-c2ccc(C)cc2C)c1C. The number of aryl methyl sites for hydroxylation is 3. The number of likely N-dealkylation sites (N-methyl/N-ethyl adjacent to an activating group) is 1. The van der Waals surface area contributed by atoms with Gasteiger partial charge in [0.05, 0.1) is 11.4 Å². The average Bonchev–Trinajstić information content (AvgIpc) is 2.63. The van der Waals surface area contributed by atoms with Gasteiger partial charge in [-0.1, -0.05) is 17.7 Å². The lowest BCUT2D eigenvalue weighted by atomic mass is 10.1. The zero-order valence-corrected chi connectivity index (χ0v) is 12.5. The number of nitrogens with zero attached hydrogens (tertiary/aromatic N) is 2. The molecular weight excluding hydrogens is 234 g/mol. The van der Waals surface area contributed by atoms with E-state index in [1.54, 1.807) is 0 Å². The molecule has 0 aliphatic carbocycles. The van der Waals surface area contributed by atoms with Crippen molar-refractivity contribution in [3.8, 4) is 5.69 Å². The summed E-state index contributed by atoms with van der Waals surface area (Å²) in [6.45, 7) is 9.50. The van der Waals surface area contributed by atoms with Gasteiger partial charge in [0.15, 0.2) is 0 Å². The predicted octanol–water partition coefficient (Wildman–Crippen LogP) is 2.87. The first kappa shape index (κ1) is 13.8. The van der Waals surface area contributed by atoms with Crippen LogP contribution in [0.2, 0.25) is 0 Å². The van der Waals surface area contributed by atoms with E-state index < -0.39 is 0 Å². The van der Waals surface area contributed by atoms with E-state index >= 15 is 0 Å². The summed E-state index contributed by atoms with van der Waals surface area (Å²) >= 11 is 0. The minimum absolute atomic E-state index is 0.986. The van der Waals surface area contributed by atoms with E-state index in [2.05, 4.69) is 55.9 Å². The van der Waals surface area contributed by atoms with Crippen LogP contribution in [0, 0.1) is 27.7 Å². The summed E-state index contributed by atoms with van der Waals surface area (Å²) in [5, 5.41) is 7.91. The summed E-state index contributed by atoms with van der Waals surface area (Å²) in [6, 6.07) is 6.51. The fraction of sp³-hybridized carbons (Fsp3) is 0.438. The molecular formula is C16H23N3. The Bertz CT molecular complexity index is 582. The average molecular weight is 257 g/mol. The van der Waals surface area contributed by atoms with Crippen LogP contribution in [-0.4, -0.2) is 23.4 Å². The van der Waals surface area contributed by atoms with Crippen LogP contribution in [-0.2, 0) is 6.42 Å². The largest absolute Gasteiger partial charge is 0.319 e. The van der Waals surface area contributed by atoms with Crippen molar-refractivity contribution >= 4 is 0 Å². The lowest BCUT2D eigenvalue weighted by Gasteiger charge is -2.09. The summed E-state index contributed by atoms with van der Waals surface area (Å²) in [7, 11) is 1.99. The topological polar surface area (TPSA) is 29.9 Å². The van der Waals surface area contributed by atoms with Crippen molar-refractivity contribution in [3.63, 3.8) is 0 Å². The second-order valence-corrected chi connectivity index (χ2v) is 5.20. The molecule has 0 saturated carbocycles. The molecule has 102 valence electrons. The minimum Gasteiger partial charge on any atom is -0.319 e. The first-order chi connectivity index (χ1) is 9.04. The lowest BCUT2D eigenvalue weighted by molar-refractivity contribution is 0.783. The number of benzene rings is 1. The summed E-state index contributed by atoms with van der Waals surface area (Å²) in [5.41, 5.74) is 7.48. The molecule has 3 nitrogen and oxygen atoms in total. The number of hydrogen-bond acceptors (Lipinski definition) is 2. The van der Waals surface area contributed by atoms with Gasteiger partial charge in [-0.2, -0.15) is 5.10 Å². The van der Waals surface area contributed by atoms with Gasteiger partial charge in [0.25, 0.3) is 0 Å². The maximum absolute atomic E-state index is 4.71. The number of hydrogen-bond donors (Lipinski definition) is 1. The molecule has 1 aromatic carbocycles. The summed E-state index contributed by atoms with van der Waals surface area (Å²) < 4.78 is 2.08. The number of rotatable bonds is 4. The maximum atomic E-state index is 4.71. The Balaban J connectivity index is 2.45. The molecule has 0 radical (unpaired) electrons. The number of nitrogens with one attached hydrogen (secondary N) is 1. The molecule has 1 aromatic heterocycles. The molecule has 0 atom stereocenters. The van der Waals surface area contributed by atoms with Crippen molar-refractivity contribution < 1.29 is 0 Å². The van der Waals surface area contributed by atoms with Crippen LogP contribution in [0.4, 0.5) is 0 Å². The Hall–Kier alpha value is -1.61. The summed E-state index contributed by atoms with van der Waals surface area (Å²) in [4.78, 5) is 0. The summed E-state index contributed by atoms with van der Waals surface area (Å²) in [6.07, 6.45) is 1.03. The quantitative estimate of drug-likeness (QED) is 0.912. The van der Waals surface area contributed by atoms with Crippen molar-refractivity contribution in [1.29, 1.82) is 0 Å². The Morgan fingerprint density at radius 3 is 2.53 bits per heavy atom. The van der Waals surface area contributed by atoms with Crippen molar-refractivity contribution in [2.24, 2.45) is 0 Å². The Morgan fingerprint density at radius 1 is 1.16 bits per heavy atom. The van der Waals surface area contributed by atoms with Crippen LogP contribution in [0.5, 0.6) is 0 Å². The van der Waals surface area contributed by atoms with Crippen molar-refractivity contribution in [1.82, 2.24) is 15.1 Å². The normalized spacial score (nSPS) is 11.0.